The van der Waals surface area contributed by atoms with Gasteiger partial charge >= 0.3 is 0 Å². The summed E-state index contributed by atoms with van der Waals surface area (Å²) in [5.74, 6) is 2.33. The minimum absolute atomic E-state index is 0.733. The summed E-state index contributed by atoms with van der Waals surface area (Å²) in [6.07, 6.45) is 6.20. The second-order valence-electron chi connectivity index (χ2n) is 9.53. The van der Waals surface area contributed by atoms with Gasteiger partial charge in [0.15, 0.2) is 17.2 Å². The van der Waals surface area contributed by atoms with E-state index in [1.165, 1.54) is 16.3 Å². The largest absolute Gasteiger partial charge is 0.493 e. The van der Waals surface area contributed by atoms with Gasteiger partial charge in [0.25, 0.3) is 0 Å². The first kappa shape index (κ1) is 23.4. The topological polar surface area (TPSA) is 53.6 Å². The molecule has 2 aromatic heterocycles. The number of anilines is 1. The van der Waals surface area contributed by atoms with Crippen molar-refractivity contribution >= 4 is 27.5 Å². The highest BCUT2D eigenvalue weighted by Crippen LogP contribution is 2.36. The summed E-state index contributed by atoms with van der Waals surface area (Å²) in [7, 11) is 1.67. The van der Waals surface area contributed by atoms with Crippen LogP contribution in [0.15, 0.2) is 85.2 Å². The van der Waals surface area contributed by atoms with Crippen LogP contribution in [0.1, 0.15) is 12.0 Å². The first-order valence-corrected chi connectivity index (χ1v) is 13.0. The van der Waals surface area contributed by atoms with E-state index in [9.17, 15) is 0 Å². The monoisotopic (exact) mass is 492 g/mol. The Morgan fingerprint density at radius 3 is 2.46 bits per heavy atom. The van der Waals surface area contributed by atoms with Crippen molar-refractivity contribution in [3.8, 4) is 17.2 Å². The summed E-state index contributed by atoms with van der Waals surface area (Å²) in [5, 5.41) is 2.47. The number of aromatic amines is 1. The third kappa shape index (κ3) is 4.85. The summed E-state index contributed by atoms with van der Waals surface area (Å²) < 4.78 is 11.8. The quantitative estimate of drug-likeness (QED) is 0.277. The van der Waals surface area contributed by atoms with Crippen LogP contribution in [0.25, 0.3) is 21.8 Å². The summed E-state index contributed by atoms with van der Waals surface area (Å²) in [4.78, 5) is 13.1. The Kier molecular flexibility index (Phi) is 6.65. The van der Waals surface area contributed by atoms with Gasteiger partial charge in [-0.3, -0.25) is 9.88 Å². The van der Waals surface area contributed by atoms with Crippen molar-refractivity contribution in [1.82, 2.24) is 14.9 Å². The molecule has 0 saturated carbocycles. The fraction of sp³-hybridized carbons (Fsp3) is 0.258. The molecule has 1 fully saturated rings. The molecule has 5 aromatic rings. The molecule has 0 amide bonds. The average molecular weight is 493 g/mol. The number of methoxy groups -OCH3 is 1. The van der Waals surface area contributed by atoms with E-state index in [1.54, 1.807) is 7.11 Å². The zero-order valence-corrected chi connectivity index (χ0v) is 21.2. The highest BCUT2D eigenvalue weighted by molar-refractivity contribution is 6.04. The maximum absolute atomic E-state index is 6.29. The molecule has 3 aromatic carbocycles. The normalized spacial score (nSPS) is 14.4. The number of nitrogens with zero attached hydrogens (tertiary/aromatic N) is 3. The maximum atomic E-state index is 6.29. The number of aryl methyl sites for hydroxylation is 1. The van der Waals surface area contributed by atoms with E-state index in [2.05, 4.69) is 51.3 Å². The number of hydrogen-bond acceptors (Lipinski definition) is 5. The highest BCUT2D eigenvalue weighted by atomic mass is 16.5. The summed E-state index contributed by atoms with van der Waals surface area (Å²) in [5.41, 5.74) is 4.68. The molecule has 1 saturated heterocycles. The lowest BCUT2D eigenvalue weighted by Crippen LogP contribution is -2.46. The van der Waals surface area contributed by atoms with E-state index in [-0.39, 0.29) is 0 Å². The zero-order valence-electron chi connectivity index (χ0n) is 21.2. The van der Waals surface area contributed by atoms with Crippen molar-refractivity contribution < 1.29 is 9.47 Å². The minimum atomic E-state index is 0.733. The molecule has 0 radical (unpaired) electrons. The number of para-hydroxylation sites is 4. The van der Waals surface area contributed by atoms with Crippen molar-refractivity contribution in [1.29, 1.82) is 0 Å². The Balaban J connectivity index is 1.06. The first-order chi connectivity index (χ1) is 18.3. The number of H-pyrrole nitrogens is 1. The van der Waals surface area contributed by atoms with E-state index in [0.29, 0.717) is 0 Å². The van der Waals surface area contributed by atoms with Gasteiger partial charge in [-0.15, -0.1) is 0 Å². The Bertz CT molecular complexity index is 1500. The van der Waals surface area contributed by atoms with Crippen molar-refractivity contribution in [3.05, 3.63) is 90.8 Å². The van der Waals surface area contributed by atoms with E-state index in [0.717, 1.165) is 79.5 Å². The average Bonchev–Trinajstić information content (AvgIpc) is 3.38. The molecular formula is C31H32N4O2. The van der Waals surface area contributed by atoms with Crippen molar-refractivity contribution in [2.75, 3.05) is 44.7 Å². The van der Waals surface area contributed by atoms with E-state index in [4.69, 9.17) is 14.5 Å². The predicted molar refractivity (Wildman–Crippen MR) is 150 cm³/mol. The smallest absolute Gasteiger partial charge is 0.169 e. The van der Waals surface area contributed by atoms with E-state index in [1.807, 2.05) is 48.7 Å². The molecule has 0 aliphatic carbocycles. The number of aromatic nitrogens is 2. The summed E-state index contributed by atoms with van der Waals surface area (Å²) >= 11 is 0. The molecule has 188 valence electrons. The predicted octanol–water partition coefficient (Wildman–Crippen LogP) is 6.27. The first-order valence-electron chi connectivity index (χ1n) is 13.0. The van der Waals surface area contributed by atoms with Gasteiger partial charge in [-0.2, -0.15) is 0 Å². The SMILES string of the molecule is COc1ccccc1Oc1ccccc1N1CCN(CCCc2cnc3c2ccc2ccc[nH]c23)CC1. The maximum Gasteiger partial charge on any atom is 0.169 e. The Morgan fingerprint density at radius 2 is 1.62 bits per heavy atom. The molecule has 1 aliphatic rings. The lowest BCUT2D eigenvalue weighted by atomic mass is 10.1. The van der Waals surface area contributed by atoms with Gasteiger partial charge in [0.05, 0.1) is 23.8 Å². The molecule has 0 atom stereocenters. The number of piperazine rings is 1. The molecule has 0 spiro atoms. The Morgan fingerprint density at radius 1 is 0.838 bits per heavy atom. The number of benzene rings is 3. The molecular weight excluding hydrogens is 460 g/mol. The standard InChI is InChI=1S/C31H32N4O2/c1-36-28-12-4-5-13-29(28)37-27-11-3-2-10-26(27)35-20-18-34(19-21-35)17-7-9-24-22-33-31-25(24)15-14-23-8-6-16-32-30(23)31/h2-6,8,10-16,22,32H,7,9,17-21H2,1H3. The number of pyridine rings is 1. The van der Waals surface area contributed by atoms with Crippen LogP contribution in [-0.2, 0) is 6.42 Å². The summed E-state index contributed by atoms with van der Waals surface area (Å²) in [6.45, 7) is 5.15. The van der Waals surface area contributed by atoms with Crippen LogP contribution < -0.4 is 14.4 Å². The fourth-order valence-corrected chi connectivity index (χ4v) is 5.32. The molecule has 6 nitrogen and oxygen atoms in total. The van der Waals surface area contributed by atoms with Gasteiger partial charge in [-0.25, -0.2) is 0 Å². The van der Waals surface area contributed by atoms with Crippen LogP contribution in [0.4, 0.5) is 5.69 Å². The molecule has 0 unspecified atom stereocenters. The second kappa shape index (κ2) is 10.5. The molecule has 3 heterocycles. The van der Waals surface area contributed by atoms with Gasteiger partial charge < -0.3 is 19.4 Å². The molecule has 1 aliphatic heterocycles. The fourth-order valence-electron chi connectivity index (χ4n) is 5.32. The third-order valence-electron chi connectivity index (χ3n) is 7.29. The number of nitrogens with one attached hydrogen (secondary N) is 1. The Labute approximate surface area is 217 Å². The lowest BCUT2D eigenvalue weighted by Gasteiger charge is -2.36. The van der Waals surface area contributed by atoms with E-state index >= 15 is 0 Å². The minimum Gasteiger partial charge on any atom is -0.493 e. The van der Waals surface area contributed by atoms with Gasteiger partial charge in [0.2, 0.25) is 0 Å². The van der Waals surface area contributed by atoms with Crippen molar-refractivity contribution in [3.63, 3.8) is 0 Å². The number of hydrogen-bond donors (Lipinski definition) is 1. The van der Waals surface area contributed by atoms with Crippen LogP contribution in [0.5, 0.6) is 17.2 Å². The molecule has 6 heteroatoms. The lowest BCUT2D eigenvalue weighted by molar-refractivity contribution is 0.254. The van der Waals surface area contributed by atoms with Crippen LogP contribution in [0, 0.1) is 0 Å². The van der Waals surface area contributed by atoms with Gasteiger partial charge in [0.1, 0.15) is 0 Å². The van der Waals surface area contributed by atoms with Crippen molar-refractivity contribution in [2.24, 2.45) is 0 Å². The van der Waals surface area contributed by atoms with E-state index < -0.39 is 0 Å². The molecule has 0 bridgehead atoms. The van der Waals surface area contributed by atoms with Gasteiger partial charge in [-0.1, -0.05) is 42.5 Å². The number of fused-ring (bicyclic) bond motifs is 3. The van der Waals surface area contributed by atoms with Gasteiger partial charge in [0, 0.05) is 49.3 Å². The third-order valence-corrected chi connectivity index (χ3v) is 7.29. The van der Waals surface area contributed by atoms with Crippen LogP contribution in [-0.4, -0.2) is 54.7 Å². The van der Waals surface area contributed by atoms with Gasteiger partial charge in [-0.05, 0) is 55.3 Å². The van der Waals surface area contributed by atoms with Crippen LogP contribution in [0.2, 0.25) is 0 Å². The summed E-state index contributed by atoms with van der Waals surface area (Å²) in [6, 6.07) is 24.6. The number of ether oxygens (including phenoxy) is 2. The number of rotatable bonds is 8. The highest BCUT2D eigenvalue weighted by Gasteiger charge is 2.20. The zero-order chi connectivity index (χ0) is 25.0. The van der Waals surface area contributed by atoms with Crippen LogP contribution in [0.3, 0.4) is 0 Å². The molecule has 6 rings (SSSR count). The molecule has 1 N–H and O–H groups in total. The second-order valence-corrected chi connectivity index (χ2v) is 9.53. The Hall–Kier alpha value is -4.03. The van der Waals surface area contributed by atoms with Crippen LogP contribution >= 0.6 is 0 Å². The van der Waals surface area contributed by atoms with Crippen molar-refractivity contribution in [2.45, 2.75) is 12.8 Å². The molecule has 37 heavy (non-hydrogen) atoms.